The molecule has 1 aliphatic heterocycles. The number of nitrogens with one attached hydrogen (secondary N) is 2. The Labute approximate surface area is 177 Å². The van der Waals surface area contributed by atoms with E-state index < -0.39 is 11.6 Å². The highest BCUT2D eigenvalue weighted by Gasteiger charge is 2.47. The van der Waals surface area contributed by atoms with E-state index in [1.165, 1.54) is 0 Å². The molecule has 1 fully saturated rings. The van der Waals surface area contributed by atoms with E-state index in [0.29, 0.717) is 12.3 Å². The summed E-state index contributed by atoms with van der Waals surface area (Å²) in [5.74, 6) is -0.315. The van der Waals surface area contributed by atoms with Crippen LogP contribution in [-0.4, -0.2) is 34.8 Å². The van der Waals surface area contributed by atoms with Gasteiger partial charge in [0.1, 0.15) is 12.1 Å². The van der Waals surface area contributed by atoms with E-state index in [9.17, 15) is 14.4 Å². The Morgan fingerprint density at radius 1 is 1.00 bits per heavy atom. The van der Waals surface area contributed by atoms with Crippen LogP contribution >= 0.6 is 0 Å². The zero-order valence-electron chi connectivity index (χ0n) is 17.7. The Kier molecular flexibility index (Phi) is 6.55. The Hall–Kier alpha value is -3.15. The lowest BCUT2D eigenvalue weighted by molar-refractivity contribution is -0.135. The molecule has 4 amide bonds. The molecule has 1 heterocycles. The van der Waals surface area contributed by atoms with Crippen molar-refractivity contribution in [2.45, 2.75) is 45.2 Å². The van der Waals surface area contributed by atoms with Crippen LogP contribution in [0.4, 0.5) is 4.79 Å². The Balaban J connectivity index is 1.73. The molecule has 2 aromatic carbocycles. The number of hydrogen-bond acceptors (Lipinski definition) is 3. The van der Waals surface area contributed by atoms with Crippen molar-refractivity contribution in [3.05, 3.63) is 71.8 Å². The zero-order chi connectivity index (χ0) is 21.7. The molecule has 158 valence electrons. The van der Waals surface area contributed by atoms with E-state index in [0.717, 1.165) is 22.4 Å². The summed E-state index contributed by atoms with van der Waals surface area (Å²) in [6.07, 6.45) is 1.36. The van der Waals surface area contributed by atoms with Gasteiger partial charge in [0.2, 0.25) is 5.91 Å². The molecule has 0 radical (unpaired) electrons. The van der Waals surface area contributed by atoms with Gasteiger partial charge < -0.3 is 10.6 Å². The highest BCUT2D eigenvalue weighted by Crippen LogP contribution is 2.25. The summed E-state index contributed by atoms with van der Waals surface area (Å²) in [5.41, 5.74) is 0.895. The summed E-state index contributed by atoms with van der Waals surface area (Å²) in [7, 11) is 0. The van der Waals surface area contributed by atoms with Gasteiger partial charge in [-0.1, -0.05) is 74.5 Å². The first-order valence-electron chi connectivity index (χ1n) is 10.3. The van der Waals surface area contributed by atoms with Crippen LogP contribution in [0, 0.1) is 5.92 Å². The molecule has 30 heavy (non-hydrogen) atoms. The Bertz CT molecular complexity index is 859. The van der Waals surface area contributed by atoms with Gasteiger partial charge in [0.05, 0.1) is 6.04 Å². The maximum atomic E-state index is 12.9. The van der Waals surface area contributed by atoms with Crippen LogP contribution < -0.4 is 10.6 Å². The fourth-order valence-corrected chi connectivity index (χ4v) is 3.64. The summed E-state index contributed by atoms with van der Waals surface area (Å²) in [6, 6.07) is 18.4. The summed E-state index contributed by atoms with van der Waals surface area (Å²) in [4.78, 5) is 39.2. The second-order valence-electron chi connectivity index (χ2n) is 8.41. The first kappa shape index (κ1) is 21.6. The molecule has 2 aromatic rings. The maximum Gasteiger partial charge on any atom is 0.325 e. The third-order valence-corrected chi connectivity index (χ3v) is 5.44. The summed E-state index contributed by atoms with van der Waals surface area (Å²) in [5, 5.41) is 5.75. The average Bonchev–Trinajstić information content (AvgIpc) is 2.95. The van der Waals surface area contributed by atoms with Crippen molar-refractivity contribution in [1.82, 2.24) is 15.5 Å². The lowest BCUT2D eigenvalue weighted by Gasteiger charge is -2.23. The number of hydrogen-bond donors (Lipinski definition) is 2. The van der Waals surface area contributed by atoms with Gasteiger partial charge in [0.15, 0.2) is 0 Å². The molecular weight excluding hydrogens is 378 g/mol. The van der Waals surface area contributed by atoms with Crippen LogP contribution in [0.3, 0.4) is 0 Å². The van der Waals surface area contributed by atoms with Crippen molar-refractivity contribution in [2.75, 3.05) is 6.54 Å². The van der Waals surface area contributed by atoms with Crippen molar-refractivity contribution in [2.24, 2.45) is 5.92 Å². The Morgan fingerprint density at radius 2 is 1.53 bits per heavy atom. The minimum atomic E-state index is -0.958. The predicted molar refractivity (Wildman–Crippen MR) is 116 cm³/mol. The highest BCUT2D eigenvalue weighted by atomic mass is 16.2. The van der Waals surface area contributed by atoms with E-state index in [-0.39, 0.29) is 24.4 Å². The van der Waals surface area contributed by atoms with E-state index in [2.05, 4.69) is 24.5 Å². The quantitative estimate of drug-likeness (QED) is 0.656. The van der Waals surface area contributed by atoms with Crippen molar-refractivity contribution < 1.29 is 14.4 Å². The summed E-state index contributed by atoms with van der Waals surface area (Å²) in [6.45, 7) is 5.56. The SMILES string of the molecule is CC(C)CCC1(C)NC(=O)N(CC(=O)NC(c2ccccc2)c2ccccc2)C1=O. The lowest BCUT2D eigenvalue weighted by Crippen LogP contribution is -2.45. The molecule has 0 spiro atoms. The number of imide groups is 1. The van der Waals surface area contributed by atoms with E-state index >= 15 is 0 Å². The highest BCUT2D eigenvalue weighted by molar-refractivity contribution is 6.08. The average molecular weight is 408 g/mol. The number of nitrogens with zero attached hydrogens (tertiary/aromatic N) is 1. The fraction of sp³-hybridized carbons (Fsp3) is 0.375. The molecule has 0 aliphatic carbocycles. The van der Waals surface area contributed by atoms with E-state index in [1.54, 1.807) is 6.92 Å². The molecule has 2 N–H and O–H groups in total. The lowest BCUT2D eigenvalue weighted by atomic mass is 9.92. The van der Waals surface area contributed by atoms with Crippen molar-refractivity contribution >= 4 is 17.8 Å². The second-order valence-corrected chi connectivity index (χ2v) is 8.41. The van der Waals surface area contributed by atoms with Crippen molar-refractivity contribution in [3.8, 4) is 0 Å². The molecule has 1 unspecified atom stereocenters. The van der Waals surface area contributed by atoms with Crippen LogP contribution in [0.15, 0.2) is 60.7 Å². The first-order chi connectivity index (χ1) is 14.3. The Morgan fingerprint density at radius 3 is 2.03 bits per heavy atom. The van der Waals surface area contributed by atoms with Gasteiger partial charge in [-0.15, -0.1) is 0 Å². The molecule has 6 nitrogen and oxygen atoms in total. The minimum absolute atomic E-state index is 0.307. The molecule has 6 heteroatoms. The van der Waals surface area contributed by atoms with Gasteiger partial charge in [0, 0.05) is 0 Å². The number of benzene rings is 2. The summed E-state index contributed by atoms with van der Waals surface area (Å²) < 4.78 is 0. The molecule has 1 atom stereocenters. The number of amides is 4. The number of carbonyl (C=O) groups is 3. The number of rotatable bonds is 8. The van der Waals surface area contributed by atoms with Gasteiger partial charge in [-0.2, -0.15) is 0 Å². The minimum Gasteiger partial charge on any atom is -0.344 e. The molecule has 1 saturated heterocycles. The van der Waals surface area contributed by atoms with Crippen LogP contribution in [0.1, 0.15) is 50.8 Å². The number of urea groups is 1. The van der Waals surface area contributed by atoms with Crippen molar-refractivity contribution in [3.63, 3.8) is 0 Å². The van der Waals surface area contributed by atoms with Crippen LogP contribution in [0.25, 0.3) is 0 Å². The molecule has 1 aliphatic rings. The topological polar surface area (TPSA) is 78.5 Å². The normalized spacial score (nSPS) is 18.8. The van der Waals surface area contributed by atoms with Crippen LogP contribution in [-0.2, 0) is 9.59 Å². The molecule has 0 aromatic heterocycles. The summed E-state index contributed by atoms with van der Waals surface area (Å²) >= 11 is 0. The standard InChI is InChI=1S/C24H29N3O3/c1-17(2)14-15-24(3)22(29)27(23(30)26-24)16-20(28)25-21(18-10-6-4-7-11-18)19-12-8-5-9-13-19/h4-13,17,21H,14-16H2,1-3H3,(H,25,28)(H,26,30). The molecule has 0 saturated carbocycles. The maximum absolute atomic E-state index is 12.9. The van der Waals surface area contributed by atoms with Gasteiger partial charge in [-0.25, -0.2) is 4.79 Å². The van der Waals surface area contributed by atoms with Crippen LogP contribution in [0.2, 0.25) is 0 Å². The van der Waals surface area contributed by atoms with Crippen LogP contribution in [0.5, 0.6) is 0 Å². The second kappa shape index (κ2) is 9.11. The predicted octanol–water partition coefficient (Wildman–Crippen LogP) is 3.64. The van der Waals surface area contributed by atoms with E-state index in [4.69, 9.17) is 0 Å². The van der Waals surface area contributed by atoms with Crippen molar-refractivity contribution in [1.29, 1.82) is 0 Å². The zero-order valence-corrected chi connectivity index (χ0v) is 17.7. The molecular formula is C24H29N3O3. The first-order valence-corrected chi connectivity index (χ1v) is 10.3. The van der Waals surface area contributed by atoms with Gasteiger partial charge in [-0.3, -0.25) is 14.5 Å². The number of carbonyl (C=O) groups excluding carboxylic acids is 3. The van der Waals surface area contributed by atoms with Gasteiger partial charge >= 0.3 is 6.03 Å². The largest absolute Gasteiger partial charge is 0.344 e. The van der Waals surface area contributed by atoms with E-state index in [1.807, 2.05) is 60.7 Å². The third-order valence-electron chi connectivity index (χ3n) is 5.44. The molecule has 3 rings (SSSR count). The third kappa shape index (κ3) is 4.87. The van der Waals surface area contributed by atoms with Gasteiger partial charge in [0.25, 0.3) is 5.91 Å². The smallest absolute Gasteiger partial charge is 0.325 e. The fourth-order valence-electron chi connectivity index (χ4n) is 3.64. The monoisotopic (exact) mass is 407 g/mol. The molecule has 0 bridgehead atoms. The van der Waals surface area contributed by atoms with Gasteiger partial charge in [-0.05, 0) is 36.8 Å².